The summed E-state index contributed by atoms with van der Waals surface area (Å²) >= 11 is 0. The van der Waals surface area contributed by atoms with Crippen LogP contribution in [0.15, 0.2) is 65.1 Å². The van der Waals surface area contributed by atoms with E-state index in [1.807, 2.05) is 53.1 Å². The number of unbranched alkanes of at least 4 members (excludes halogenated alkanes) is 1. The van der Waals surface area contributed by atoms with Gasteiger partial charge < -0.3 is 14.3 Å². The van der Waals surface area contributed by atoms with Gasteiger partial charge in [-0.2, -0.15) is 0 Å². The van der Waals surface area contributed by atoms with E-state index in [1.54, 1.807) is 0 Å². The van der Waals surface area contributed by atoms with Crippen LogP contribution in [0.2, 0.25) is 0 Å². The van der Waals surface area contributed by atoms with Gasteiger partial charge in [-0.3, -0.25) is 4.79 Å². The number of carbonyl (C=O) groups excluding carboxylic acids is 1. The minimum absolute atomic E-state index is 0.0424. The van der Waals surface area contributed by atoms with Crippen molar-refractivity contribution in [2.45, 2.75) is 39.2 Å². The number of rotatable bonds is 9. The molecule has 0 aliphatic carbocycles. The van der Waals surface area contributed by atoms with Crippen LogP contribution in [-0.4, -0.2) is 27.2 Å². The number of benzene rings is 2. The first kappa shape index (κ1) is 19.9. The van der Waals surface area contributed by atoms with Gasteiger partial charge in [0.1, 0.15) is 12.2 Å². The van der Waals surface area contributed by atoms with Crippen molar-refractivity contribution >= 4 is 16.8 Å². The van der Waals surface area contributed by atoms with Crippen LogP contribution < -0.4 is 5.32 Å². The van der Waals surface area contributed by atoms with Crippen molar-refractivity contribution in [1.82, 2.24) is 20.1 Å². The molecule has 1 N–H and O–H groups in total. The summed E-state index contributed by atoms with van der Waals surface area (Å²) in [5, 5.41) is 12.5. The normalized spacial score (nSPS) is 11.1. The molecule has 0 unspecified atom stereocenters. The highest BCUT2D eigenvalue weighted by molar-refractivity contribution is 5.88. The van der Waals surface area contributed by atoms with E-state index >= 15 is 0 Å². The van der Waals surface area contributed by atoms with Gasteiger partial charge in [0.2, 0.25) is 11.8 Å². The number of amides is 1. The van der Waals surface area contributed by atoms with E-state index < -0.39 is 0 Å². The van der Waals surface area contributed by atoms with Crippen molar-refractivity contribution in [3.63, 3.8) is 0 Å². The van der Waals surface area contributed by atoms with E-state index in [0.29, 0.717) is 18.3 Å². The van der Waals surface area contributed by atoms with Gasteiger partial charge in [-0.1, -0.05) is 61.9 Å². The van der Waals surface area contributed by atoms with Crippen molar-refractivity contribution in [3.05, 3.63) is 72.1 Å². The summed E-state index contributed by atoms with van der Waals surface area (Å²) in [6.07, 6.45) is 3.65. The third-order valence-electron chi connectivity index (χ3n) is 5.12. The van der Waals surface area contributed by atoms with E-state index in [2.05, 4.69) is 34.6 Å². The van der Waals surface area contributed by atoms with Gasteiger partial charge in [0.05, 0.1) is 0 Å². The third kappa shape index (κ3) is 4.59. The smallest absolute Gasteiger partial charge is 0.264 e. The molecule has 0 bridgehead atoms. The Hall–Kier alpha value is -3.41. The van der Waals surface area contributed by atoms with Crippen LogP contribution >= 0.6 is 0 Å². The standard InChI is InChI=1S/C24H26N4O2/c1-2-3-13-23-26-27-24(30-23)21-16-19-11-7-8-12-20(19)28(21)17-22(29)25-15-14-18-9-5-4-6-10-18/h4-12,16H,2-3,13-15,17H2,1H3,(H,25,29). The number of aryl methyl sites for hydroxylation is 1. The summed E-state index contributed by atoms with van der Waals surface area (Å²) in [5.41, 5.74) is 2.94. The number of carbonyl (C=O) groups is 1. The Morgan fingerprint density at radius 1 is 1.03 bits per heavy atom. The zero-order valence-corrected chi connectivity index (χ0v) is 17.2. The Labute approximate surface area is 175 Å². The molecule has 1 amide bonds. The van der Waals surface area contributed by atoms with Crippen molar-refractivity contribution < 1.29 is 9.21 Å². The molecule has 154 valence electrons. The number of para-hydroxylation sites is 1. The maximum Gasteiger partial charge on any atom is 0.264 e. The third-order valence-corrected chi connectivity index (χ3v) is 5.12. The van der Waals surface area contributed by atoms with Crippen LogP contribution in [0, 0.1) is 0 Å². The number of fused-ring (bicyclic) bond motifs is 1. The van der Waals surface area contributed by atoms with Crippen molar-refractivity contribution in [3.8, 4) is 11.6 Å². The fraction of sp³-hybridized carbons (Fsp3) is 0.292. The van der Waals surface area contributed by atoms with Crippen LogP contribution in [0.1, 0.15) is 31.2 Å². The van der Waals surface area contributed by atoms with Crippen LogP contribution in [0.5, 0.6) is 0 Å². The molecule has 0 aliphatic heterocycles. The zero-order chi connectivity index (χ0) is 20.8. The number of nitrogens with one attached hydrogen (secondary N) is 1. The Balaban J connectivity index is 1.51. The second kappa shape index (κ2) is 9.39. The average Bonchev–Trinajstić information content (AvgIpc) is 3.38. The van der Waals surface area contributed by atoms with Gasteiger partial charge >= 0.3 is 0 Å². The molecule has 0 radical (unpaired) electrons. The number of hydrogen-bond donors (Lipinski definition) is 1. The minimum Gasteiger partial charge on any atom is -0.419 e. The molecule has 2 aromatic heterocycles. The van der Waals surface area contributed by atoms with Gasteiger partial charge in [-0.15, -0.1) is 10.2 Å². The summed E-state index contributed by atoms with van der Waals surface area (Å²) in [6, 6.07) is 20.1. The molecule has 0 atom stereocenters. The molecule has 0 fully saturated rings. The molecule has 30 heavy (non-hydrogen) atoms. The number of hydrogen-bond acceptors (Lipinski definition) is 4. The van der Waals surface area contributed by atoms with E-state index in [4.69, 9.17) is 4.42 Å². The van der Waals surface area contributed by atoms with Crippen molar-refractivity contribution in [2.24, 2.45) is 0 Å². The number of aromatic nitrogens is 3. The quantitative estimate of drug-likeness (QED) is 0.451. The lowest BCUT2D eigenvalue weighted by Crippen LogP contribution is -2.29. The van der Waals surface area contributed by atoms with Crippen molar-refractivity contribution in [2.75, 3.05) is 6.54 Å². The lowest BCUT2D eigenvalue weighted by atomic mass is 10.1. The lowest BCUT2D eigenvalue weighted by Gasteiger charge is -2.10. The fourth-order valence-electron chi connectivity index (χ4n) is 3.53. The Bertz CT molecular complexity index is 1110. The highest BCUT2D eigenvalue weighted by atomic mass is 16.4. The summed E-state index contributed by atoms with van der Waals surface area (Å²) in [4.78, 5) is 12.7. The van der Waals surface area contributed by atoms with Crippen LogP contribution in [0.3, 0.4) is 0 Å². The Kier molecular flexibility index (Phi) is 6.23. The second-order valence-electron chi connectivity index (χ2n) is 7.36. The first-order chi connectivity index (χ1) is 14.7. The molecule has 0 saturated heterocycles. The SMILES string of the molecule is CCCCc1nnc(-c2cc3ccccc3n2CC(=O)NCCc2ccccc2)o1. The van der Waals surface area contributed by atoms with E-state index in [9.17, 15) is 4.79 Å². The molecule has 6 heteroatoms. The minimum atomic E-state index is -0.0424. The molecular weight excluding hydrogens is 376 g/mol. The topological polar surface area (TPSA) is 73.0 Å². The van der Waals surface area contributed by atoms with E-state index in [-0.39, 0.29) is 12.5 Å². The van der Waals surface area contributed by atoms with Crippen LogP contribution in [-0.2, 0) is 24.2 Å². The molecule has 0 spiro atoms. The van der Waals surface area contributed by atoms with E-state index in [1.165, 1.54) is 5.56 Å². The first-order valence-electron chi connectivity index (χ1n) is 10.5. The zero-order valence-electron chi connectivity index (χ0n) is 17.2. The summed E-state index contributed by atoms with van der Waals surface area (Å²) in [6.45, 7) is 2.93. The van der Waals surface area contributed by atoms with Gasteiger partial charge in [-0.25, -0.2) is 0 Å². The van der Waals surface area contributed by atoms with Gasteiger partial charge in [0, 0.05) is 23.9 Å². The van der Waals surface area contributed by atoms with Gasteiger partial charge in [-0.05, 0) is 30.5 Å². The summed E-state index contributed by atoms with van der Waals surface area (Å²) in [7, 11) is 0. The molecule has 2 heterocycles. The lowest BCUT2D eigenvalue weighted by molar-refractivity contribution is -0.121. The van der Waals surface area contributed by atoms with Crippen LogP contribution in [0.25, 0.3) is 22.5 Å². The fourth-order valence-corrected chi connectivity index (χ4v) is 3.53. The monoisotopic (exact) mass is 402 g/mol. The average molecular weight is 402 g/mol. The molecule has 2 aromatic carbocycles. The van der Waals surface area contributed by atoms with E-state index in [0.717, 1.165) is 42.3 Å². The molecule has 4 rings (SSSR count). The highest BCUT2D eigenvalue weighted by Crippen LogP contribution is 2.27. The van der Waals surface area contributed by atoms with Gasteiger partial charge in [0.25, 0.3) is 5.89 Å². The Morgan fingerprint density at radius 3 is 2.67 bits per heavy atom. The molecule has 4 aromatic rings. The first-order valence-corrected chi connectivity index (χ1v) is 10.5. The summed E-state index contributed by atoms with van der Waals surface area (Å²) in [5.74, 6) is 1.05. The van der Waals surface area contributed by atoms with Crippen molar-refractivity contribution in [1.29, 1.82) is 0 Å². The molecule has 6 nitrogen and oxygen atoms in total. The second-order valence-corrected chi connectivity index (χ2v) is 7.36. The molecule has 0 saturated carbocycles. The van der Waals surface area contributed by atoms with Gasteiger partial charge in [0.15, 0.2) is 0 Å². The predicted octanol–water partition coefficient (Wildman–Crippen LogP) is 4.39. The highest BCUT2D eigenvalue weighted by Gasteiger charge is 2.18. The molecular formula is C24H26N4O2. The predicted molar refractivity (Wildman–Crippen MR) is 117 cm³/mol. The maximum absolute atomic E-state index is 12.7. The summed E-state index contributed by atoms with van der Waals surface area (Å²) < 4.78 is 7.84. The number of nitrogens with zero attached hydrogens (tertiary/aromatic N) is 3. The maximum atomic E-state index is 12.7. The van der Waals surface area contributed by atoms with Crippen LogP contribution in [0.4, 0.5) is 0 Å². The molecule has 0 aliphatic rings. The Morgan fingerprint density at radius 2 is 1.83 bits per heavy atom. The largest absolute Gasteiger partial charge is 0.419 e.